The number of aromatic nitrogens is 1. The van der Waals surface area contributed by atoms with Crippen LogP contribution in [0, 0.1) is 11.8 Å². The third kappa shape index (κ3) is 2.92. The van der Waals surface area contributed by atoms with E-state index in [0.29, 0.717) is 17.0 Å². The third-order valence-corrected chi connectivity index (χ3v) is 8.50. The van der Waals surface area contributed by atoms with Gasteiger partial charge in [-0.05, 0) is 68.6 Å². The molecule has 4 N–H and O–H groups in total. The molecule has 2 aromatic rings. The topological polar surface area (TPSA) is 91.5 Å². The minimum Gasteiger partial charge on any atom is -0.393 e. The van der Waals surface area contributed by atoms with E-state index in [0.717, 1.165) is 54.7 Å². The number of carbonyl (C=O) groups is 1. The molecule has 3 aliphatic carbocycles. The van der Waals surface area contributed by atoms with Gasteiger partial charge in [-0.25, -0.2) is 4.98 Å². The maximum absolute atomic E-state index is 12.9. The van der Waals surface area contributed by atoms with Crippen LogP contribution in [-0.4, -0.2) is 51.7 Å². The monoisotopic (exact) mass is 432 g/mol. The number of anilines is 1. The summed E-state index contributed by atoms with van der Waals surface area (Å²) < 4.78 is 0. The molecule has 5 aliphatic rings. The molecule has 3 heterocycles. The molecule has 32 heavy (non-hydrogen) atoms. The lowest BCUT2D eigenvalue weighted by Gasteiger charge is -2.26. The SMILES string of the molecule is CC(C)N1C[C@@]2(c3ccc(-c4cnc(N)c(C(=O)N[C@H]5CC[C@H](O)CC5)c4)cc3)C3C1[C@H]32. The van der Waals surface area contributed by atoms with Crippen LogP contribution in [0.4, 0.5) is 5.82 Å². The van der Waals surface area contributed by atoms with Crippen LogP contribution in [0.25, 0.3) is 11.1 Å². The minimum absolute atomic E-state index is 0.0816. The van der Waals surface area contributed by atoms with Crippen molar-refractivity contribution in [2.75, 3.05) is 12.3 Å². The van der Waals surface area contributed by atoms with Crippen LogP contribution < -0.4 is 11.1 Å². The Bertz CT molecular complexity index is 1050. The van der Waals surface area contributed by atoms with Crippen molar-refractivity contribution in [1.82, 2.24) is 15.2 Å². The van der Waals surface area contributed by atoms with Gasteiger partial charge in [0.25, 0.3) is 5.91 Å². The van der Waals surface area contributed by atoms with Crippen LogP contribution in [0.2, 0.25) is 0 Å². The molecule has 3 saturated carbocycles. The van der Waals surface area contributed by atoms with E-state index in [4.69, 9.17) is 5.73 Å². The van der Waals surface area contributed by atoms with Crippen LogP contribution in [-0.2, 0) is 5.41 Å². The maximum atomic E-state index is 12.9. The number of nitrogens with two attached hydrogens (primary N) is 1. The summed E-state index contributed by atoms with van der Waals surface area (Å²) in [4.78, 5) is 19.8. The fourth-order valence-corrected chi connectivity index (χ4v) is 6.59. The highest BCUT2D eigenvalue weighted by Gasteiger charge is 2.90. The van der Waals surface area contributed by atoms with Crippen molar-refractivity contribution in [3.05, 3.63) is 47.7 Å². The smallest absolute Gasteiger partial charge is 0.255 e. The summed E-state index contributed by atoms with van der Waals surface area (Å²) in [7, 11) is 0. The number of aliphatic hydroxyl groups is 1. The molecule has 2 unspecified atom stereocenters. The van der Waals surface area contributed by atoms with Gasteiger partial charge in [-0.1, -0.05) is 24.3 Å². The first-order chi connectivity index (χ1) is 15.4. The highest BCUT2D eigenvalue weighted by Crippen LogP contribution is 2.84. The van der Waals surface area contributed by atoms with E-state index in [1.54, 1.807) is 6.20 Å². The normalized spacial score (nSPS) is 34.9. The Balaban J connectivity index is 1.18. The van der Waals surface area contributed by atoms with Gasteiger partial charge in [0.2, 0.25) is 0 Å². The van der Waals surface area contributed by atoms with Crippen LogP contribution >= 0.6 is 0 Å². The molecule has 6 heteroatoms. The van der Waals surface area contributed by atoms with Gasteiger partial charge < -0.3 is 16.2 Å². The molecule has 1 aromatic carbocycles. The largest absolute Gasteiger partial charge is 0.393 e. The predicted octanol–water partition coefficient (Wildman–Crippen LogP) is 2.95. The predicted molar refractivity (Wildman–Crippen MR) is 124 cm³/mol. The number of amides is 1. The lowest BCUT2D eigenvalue weighted by atomic mass is 9.87. The molecule has 5 fully saturated rings. The number of nitrogen functional groups attached to an aromatic ring is 1. The Morgan fingerprint density at radius 3 is 2.47 bits per heavy atom. The summed E-state index contributed by atoms with van der Waals surface area (Å²) in [6, 6.07) is 12.2. The standard InChI is InChI=1S/C26H32N4O2/c1-14(2)30-13-26(21-22(26)23(21)30)17-5-3-15(4-6-17)16-11-20(24(27)28-12-16)25(32)29-18-7-9-19(31)10-8-18/h3-6,11-12,14,18-19,21-23,31H,7-10,13H2,1-2H3,(H2,27,28)(H,29,32)/t18-,19-,21-,22?,23?,26-/m0/s1. The van der Waals surface area contributed by atoms with Crippen molar-refractivity contribution < 1.29 is 9.90 Å². The van der Waals surface area contributed by atoms with Gasteiger partial charge in [0, 0.05) is 41.8 Å². The van der Waals surface area contributed by atoms with Crippen molar-refractivity contribution in [2.24, 2.45) is 11.8 Å². The second-order valence-electron chi connectivity index (χ2n) is 10.6. The molecule has 0 spiro atoms. The van der Waals surface area contributed by atoms with Crippen LogP contribution in [0.3, 0.4) is 0 Å². The number of nitrogens with one attached hydrogen (secondary N) is 1. The summed E-state index contributed by atoms with van der Waals surface area (Å²) in [6.07, 6.45) is 4.54. The van der Waals surface area contributed by atoms with Gasteiger partial charge in [-0.3, -0.25) is 9.69 Å². The fourth-order valence-electron chi connectivity index (χ4n) is 6.59. The van der Waals surface area contributed by atoms with Gasteiger partial charge in [0.05, 0.1) is 11.7 Å². The third-order valence-electron chi connectivity index (χ3n) is 8.50. The number of carbonyl (C=O) groups excluding carboxylic acids is 1. The molecule has 4 atom stereocenters. The van der Waals surface area contributed by atoms with E-state index >= 15 is 0 Å². The Hall–Kier alpha value is -2.44. The number of hydrogen-bond acceptors (Lipinski definition) is 5. The molecule has 168 valence electrons. The molecule has 1 amide bonds. The zero-order valence-electron chi connectivity index (χ0n) is 18.8. The Morgan fingerprint density at radius 1 is 1.16 bits per heavy atom. The number of benzene rings is 1. The number of pyridine rings is 1. The zero-order chi connectivity index (χ0) is 22.2. The highest BCUT2D eigenvalue weighted by atomic mass is 16.3. The quantitative estimate of drug-likeness (QED) is 0.676. The fraction of sp³-hybridized carbons (Fsp3) is 0.538. The van der Waals surface area contributed by atoms with E-state index in [1.165, 1.54) is 12.1 Å². The van der Waals surface area contributed by atoms with E-state index < -0.39 is 0 Å². The number of piperidine rings is 1. The molecule has 1 aromatic heterocycles. The number of aliphatic hydroxyl groups excluding tert-OH is 1. The van der Waals surface area contributed by atoms with E-state index in [-0.39, 0.29) is 23.9 Å². The molecule has 2 aliphatic heterocycles. The first-order valence-corrected chi connectivity index (χ1v) is 12.0. The number of rotatable bonds is 5. The van der Waals surface area contributed by atoms with E-state index in [1.807, 2.05) is 6.07 Å². The van der Waals surface area contributed by atoms with Crippen molar-refractivity contribution >= 4 is 11.7 Å². The van der Waals surface area contributed by atoms with Gasteiger partial charge in [-0.2, -0.15) is 0 Å². The van der Waals surface area contributed by atoms with Crippen molar-refractivity contribution in [2.45, 2.75) is 69.2 Å². The van der Waals surface area contributed by atoms with E-state index in [9.17, 15) is 9.90 Å². The van der Waals surface area contributed by atoms with Crippen molar-refractivity contribution in [3.63, 3.8) is 0 Å². The van der Waals surface area contributed by atoms with E-state index in [2.05, 4.69) is 53.3 Å². The molecule has 0 radical (unpaired) electrons. The molecule has 6 nitrogen and oxygen atoms in total. The number of fused-ring (bicyclic) bond motifs is 1. The summed E-state index contributed by atoms with van der Waals surface area (Å²) in [5.41, 5.74) is 10.3. The second-order valence-corrected chi connectivity index (χ2v) is 10.6. The maximum Gasteiger partial charge on any atom is 0.255 e. The highest BCUT2D eigenvalue weighted by molar-refractivity contribution is 5.99. The second kappa shape index (κ2) is 7.03. The molecule has 2 saturated heterocycles. The number of hydrogen-bond donors (Lipinski definition) is 3. The lowest BCUT2D eigenvalue weighted by Crippen LogP contribution is -2.38. The van der Waals surface area contributed by atoms with Crippen LogP contribution in [0.1, 0.15) is 55.5 Å². The lowest BCUT2D eigenvalue weighted by molar-refractivity contribution is 0.0868. The van der Waals surface area contributed by atoms with Crippen LogP contribution in [0.15, 0.2) is 36.5 Å². The average molecular weight is 433 g/mol. The Labute approximate surface area is 189 Å². The molecule has 2 bridgehead atoms. The first-order valence-electron chi connectivity index (χ1n) is 12.0. The van der Waals surface area contributed by atoms with Gasteiger partial charge in [0.15, 0.2) is 0 Å². The average Bonchev–Trinajstić information content (AvgIpc) is 3.60. The zero-order valence-corrected chi connectivity index (χ0v) is 18.8. The molecular weight excluding hydrogens is 400 g/mol. The summed E-state index contributed by atoms with van der Waals surface area (Å²) in [5.74, 6) is 1.80. The first kappa shape index (κ1) is 20.2. The van der Waals surface area contributed by atoms with Crippen LogP contribution in [0.5, 0.6) is 0 Å². The van der Waals surface area contributed by atoms with Gasteiger partial charge >= 0.3 is 0 Å². The van der Waals surface area contributed by atoms with Gasteiger partial charge in [-0.15, -0.1) is 0 Å². The molecular formula is C26H32N4O2. The summed E-state index contributed by atoms with van der Waals surface area (Å²) >= 11 is 0. The summed E-state index contributed by atoms with van der Waals surface area (Å²) in [6.45, 7) is 5.79. The number of nitrogens with zero attached hydrogens (tertiary/aromatic N) is 2. The van der Waals surface area contributed by atoms with Crippen molar-refractivity contribution in [3.8, 4) is 11.1 Å². The van der Waals surface area contributed by atoms with Gasteiger partial charge in [0.1, 0.15) is 5.82 Å². The van der Waals surface area contributed by atoms with Crippen molar-refractivity contribution in [1.29, 1.82) is 0 Å². The summed E-state index contributed by atoms with van der Waals surface area (Å²) in [5, 5.41) is 12.8. The Kier molecular flexibility index (Phi) is 4.43. The molecule has 7 rings (SSSR count). The Morgan fingerprint density at radius 2 is 1.84 bits per heavy atom. The minimum atomic E-state index is -0.245.